The summed E-state index contributed by atoms with van der Waals surface area (Å²) in [6.07, 6.45) is 3.42. The summed E-state index contributed by atoms with van der Waals surface area (Å²) in [5, 5.41) is 0. The van der Waals surface area contributed by atoms with Gasteiger partial charge in [0.05, 0.1) is 11.7 Å². The van der Waals surface area contributed by atoms with E-state index in [1.807, 2.05) is 18.2 Å². The highest BCUT2D eigenvalue weighted by molar-refractivity contribution is 5.80. The molecule has 0 amide bonds. The lowest BCUT2D eigenvalue weighted by molar-refractivity contribution is 0.111. The number of benzene rings is 1. The molecule has 1 aromatic carbocycles. The molecule has 0 heterocycles. The molecular weight excluding hydrogens is 200 g/mol. The minimum Gasteiger partial charge on any atom is -0.489 e. The highest BCUT2D eigenvalue weighted by atomic mass is 16.5. The van der Waals surface area contributed by atoms with Crippen molar-refractivity contribution in [3.8, 4) is 5.75 Å². The van der Waals surface area contributed by atoms with Gasteiger partial charge in [-0.1, -0.05) is 32.9 Å². The van der Waals surface area contributed by atoms with Gasteiger partial charge in [0.2, 0.25) is 0 Å². The second-order valence-electron chi connectivity index (χ2n) is 5.41. The van der Waals surface area contributed by atoms with Gasteiger partial charge in [-0.25, -0.2) is 0 Å². The molecule has 0 radical (unpaired) electrons. The van der Waals surface area contributed by atoms with Gasteiger partial charge in [0, 0.05) is 5.56 Å². The summed E-state index contributed by atoms with van der Waals surface area (Å²) < 4.78 is 5.87. The van der Waals surface area contributed by atoms with Crippen LogP contribution >= 0.6 is 0 Å². The largest absolute Gasteiger partial charge is 0.489 e. The van der Waals surface area contributed by atoms with E-state index in [-0.39, 0.29) is 5.41 Å². The topological polar surface area (TPSA) is 26.3 Å². The second-order valence-corrected chi connectivity index (χ2v) is 5.41. The Labute approximate surface area is 96.6 Å². The van der Waals surface area contributed by atoms with Gasteiger partial charge >= 0.3 is 0 Å². The van der Waals surface area contributed by atoms with E-state index in [0.29, 0.717) is 11.7 Å². The number of rotatable bonds is 3. The van der Waals surface area contributed by atoms with Crippen LogP contribution in [0.4, 0.5) is 0 Å². The van der Waals surface area contributed by atoms with Crippen LogP contribution in [0.2, 0.25) is 0 Å². The van der Waals surface area contributed by atoms with Crippen LogP contribution in [0.3, 0.4) is 0 Å². The summed E-state index contributed by atoms with van der Waals surface area (Å²) in [4.78, 5) is 11.0. The molecule has 0 N–H and O–H groups in total. The lowest BCUT2D eigenvalue weighted by Crippen LogP contribution is -2.15. The molecule has 0 spiro atoms. The van der Waals surface area contributed by atoms with Gasteiger partial charge in [-0.3, -0.25) is 4.79 Å². The summed E-state index contributed by atoms with van der Waals surface area (Å²) >= 11 is 0. The van der Waals surface area contributed by atoms with Crippen LogP contribution in [-0.2, 0) is 5.41 Å². The molecule has 0 bridgehead atoms. The SMILES string of the molecule is CC(C)(C)c1cccc(C=O)c1OC1CC1. The third-order valence-electron chi connectivity index (χ3n) is 2.79. The fourth-order valence-electron chi connectivity index (χ4n) is 1.72. The first-order chi connectivity index (χ1) is 7.52. The molecule has 0 aromatic heterocycles. The molecule has 1 saturated carbocycles. The Kier molecular flexibility index (Phi) is 2.75. The van der Waals surface area contributed by atoms with Crippen LogP contribution in [0, 0.1) is 0 Å². The van der Waals surface area contributed by atoms with Gasteiger partial charge in [-0.15, -0.1) is 0 Å². The van der Waals surface area contributed by atoms with Gasteiger partial charge in [0.1, 0.15) is 5.75 Å². The number of para-hydroxylation sites is 1. The van der Waals surface area contributed by atoms with E-state index in [1.54, 1.807) is 0 Å². The first-order valence-electron chi connectivity index (χ1n) is 5.77. The van der Waals surface area contributed by atoms with Crippen molar-refractivity contribution >= 4 is 6.29 Å². The van der Waals surface area contributed by atoms with Crippen LogP contribution in [0.5, 0.6) is 5.75 Å². The van der Waals surface area contributed by atoms with Crippen molar-refractivity contribution in [2.24, 2.45) is 0 Å². The first kappa shape index (κ1) is 11.2. The van der Waals surface area contributed by atoms with Crippen molar-refractivity contribution in [1.29, 1.82) is 0 Å². The molecule has 2 heteroatoms. The van der Waals surface area contributed by atoms with Gasteiger partial charge in [-0.2, -0.15) is 0 Å². The zero-order valence-corrected chi connectivity index (χ0v) is 10.1. The fraction of sp³-hybridized carbons (Fsp3) is 0.500. The molecule has 16 heavy (non-hydrogen) atoms. The second kappa shape index (κ2) is 3.93. The average Bonchev–Trinajstić information content (AvgIpc) is 3.00. The average molecular weight is 218 g/mol. The highest BCUT2D eigenvalue weighted by Gasteiger charge is 2.28. The fourth-order valence-corrected chi connectivity index (χ4v) is 1.72. The minimum absolute atomic E-state index is 0.00322. The molecule has 86 valence electrons. The monoisotopic (exact) mass is 218 g/mol. The van der Waals surface area contributed by atoms with E-state index >= 15 is 0 Å². The van der Waals surface area contributed by atoms with Gasteiger partial charge in [0.25, 0.3) is 0 Å². The van der Waals surface area contributed by atoms with Crippen LogP contribution in [-0.4, -0.2) is 12.4 Å². The number of hydrogen-bond donors (Lipinski definition) is 0. The third-order valence-corrected chi connectivity index (χ3v) is 2.79. The molecule has 0 unspecified atom stereocenters. The van der Waals surface area contributed by atoms with Gasteiger partial charge in [-0.05, 0) is 24.3 Å². The summed E-state index contributed by atoms with van der Waals surface area (Å²) in [5.74, 6) is 0.785. The number of carbonyl (C=O) groups excluding carboxylic acids is 1. The maximum Gasteiger partial charge on any atom is 0.153 e. The molecule has 0 aliphatic heterocycles. The highest BCUT2D eigenvalue weighted by Crippen LogP contribution is 2.37. The molecule has 2 rings (SSSR count). The summed E-state index contributed by atoms with van der Waals surface area (Å²) in [7, 11) is 0. The molecule has 0 saturated heterocycles. The van der Waals surface area contributed by atoms with Crippen molar-refractivity contribution in [2.45, 2.75) is 45.1 Å². The minimum atomic E-state index is 0.00322. The van der Waals surface area contributed by atoms with E-state index in [9.17, 15) is 4.79 Å². The van der Waals surface area contributed by atoms with E-state index in [2.05, 4.69) is 20.8 Å². The maximum atomic E-state index is 11.0. The van der Waals surface area contributed by atoms with Crippen LogP contribution in [0.25, 0.3) is 0 Å². The molecular formula is C14H18O2. The maximum absolute atomic E-state index is 11.0. The predicted octanol–water partition coefficient (Wildman–Crippen LogP) is 3.34. The standard InChI is InChI=1S/C14H18O2/c1-14(2,3)12-6-4-5-10(9-15)13(12)16-11-7-8-11/h4-6,9,11H,7-8H2,1-3H3. The molecule has 1 aliphatic rings. The summed E-state index contributed by atoms with van der Waals surface area (Å²) in [6, 6.07) is 5.79. The Hall–Kier alpha value is -1.31. The Morgan fingerprint density at radius 1 is 1.31 bits per heavy atom. The van der Waals surface area contributed by atoms with E-state index in [1.165, 1.54) is 0 Å². The van der Waals surface area contributed by atoms with Crippen LogP contribution in [0.15, 0.2) is 18.2 Å². The number of ether oxygens (including phenoxy) is 1. The lowest BCUT2D eigenvalue weighted by atomic mass is 9.85. The molecule has 1 aliphatic carbocycles. The molecule has 1 aromatic rings. The van der Waals surface area contributed by atoms with E-state index in [0.717, 1.165) is 30.4 Å². The van der Waals surface area contributed by atoms with E-state index in [4.69, 9.17) is 4.74 Å². The number of carbonyl (C=O) groups is 1. The zero-order valence-electron chi connectivity index (χ0n) is 10.1. The summed E-state index contributed by atoms with van der Waals surface area (Å²) in [5.41, 5.74) is 1.78. The normalized spacial score (nSPS) is 15.9. The molecule has 0 atom stereocenters. The van der Waals surface area contributed by atoms with Crippen LogP contribution in [0.1, 0.15) is 49.5 Å². The van der Waals surface area contributed by atoms with Crippen molar-refractivity contribution in [3.63, 3.8) is 0 Å². The summed E-state index contributed by atoms with van der Waals surface area (Å²) in [6.45, 7) is 6.41. The van der Waals surface area contributed by atoms with Crippen LogP contribution < -0.4 is 4.74 Å². The third kappa shape index (κ3) is 2.26. The van der Waals surface area contributed by atoms with Crippen molar-refractivity contribution in [1.82, 2.24) is 0 Å². The molecule has 2 nitrogen and oxygen atoms in total. The van der Waals surface area contributed by atoms with Gasteiger partial charge in [0.15, 0.2) is 6.29 Å². The van der Waals surface area contributed by atoms with Crippen molar-refractivity contribution < 1.29 is 9.53 Å². The first-order valence-corrected chi connectivity index (χ1v) is 5.77. The Bertz CT molecular complexity index is 398. The smallest absolute Gasteiger partial charge is 0.153 e. The quantitative estimate of drug-likeness (QED) is 0.727. The number of aldehydes is 1. The predicted molar refractivity (Wildman–Crippen MR) is 64.2 cm³/mol. The van der Waals surface area contributed by atoms with E-state index < -0.39 is 0 Å². The Morgan fingerprint density at radius 2 is 2.00 bits per heavy atom. The molecule has 1 fully saturated rings. The Morgan fingerprint density at radius 3 is 2.50 bits per heavy atom. The van der Waals surface area contributed by atoms with Crippen molar-refractivity contribution in [3.05, 3.63) is 29.3 Å². The Balaban J connectivity index is 2.44. The lowest BCUT2D eigenvalue weighted by Gasteiger charge is -2.23. The van der Waals surface area contributed by atoms with Crippen molar-refractivity contribution in [2.75, 3.05) is 0 Å². The number of hydrogen-bond acceptors (Lipinski definition) is 2. The van der Waals surface area contributed by atoms with Gasteiger partial charge < -0.3 is 4.74 Å². The zero-order chi connectivity index (χ0) is 11.8.